The minimum absolute atomic E-state index is 0.0109. The largest absolute Gasteiger partial charge is 0.453 e. The second kappa shape index (κ2) is 33.0. The van der Waals surface area contributed by atoms with E-state index in [0.717, 1.165) is 27.8 Å². The molecule has 0 aliphatic carbocycles. The standard InChI is InChI=1S/C67H72Cl3N5O17/c1-42(77)73-53-49(82-36-45-24-12-4-13-25-45)32-66(91-59(53)56(84-38-47-28-16-6-17-29-47)51(83-37-46-26-14-5-15-27-46)40-80-34-43-20-8-2-9-21-43)65(79)89-57-52(41-81-35-44-22-10-3-11-23-44)87-63(61(60(57)92-66)85-39-48-30-18-7-19-31-48)88-58-54(74-75-72)62(86-50(33-76)55(58)78)90-64(71)67(68,69)70/h2-31,49-63,71,76,78H,32-41H2,1H3,(H,73,77)/t49-,50+,51+,52+,53+,54+,55-,56+,57-,58+,59+,60-,61+,62?,63-,66-/m0/s1. The molecular formula is C67H72Cl3N5O17. The molecule has 10 rings (SSSR count). The first-order valence-electron chi connectivity index (χ1n) is 30.0. The summed E-state index contributed by atoms with van der Waals surface area (Å²) in [4.78, 5) is 32.6. The molecule has 4 fully saturated rings. The van der Waals surface area contributed by atoms with Crippen molar-refractivity contribution >= 4 is 52.6 Å². The van der Waals surface area contributed by atoms with Crippen LogP contribution in [0.3, 0.4) is 0 Å². The average Bonchev–Trinajstić information content (AvgIpc) is 0.729. The zero-order chi connectivity index (χ0) is 64.5. The van der Waals surface area contributed by atoms with Crippen LogP contribution in [0.1, 0.15) is 46.7 Å². The summed E-state index contributed by atoms with van der Waals surface area (Å²) in [6.45, 7) is 0.306. The number of carbonyl (C=O) groups excluding carboxylic acids is 2. The van der Waals surface area contributed by atoms with E-state index in [9.17, 15) is 20.5 Å². The number of amides is 1. The van der Waals surface area contributed by atoms with Crippen LogP contribution >= 0.6 is 34.8 Å². The van der Waals surface area contributed by atoms with Crippen molar-refractivity contribution in [2.45, 2.75) is 154 Å². The first kappa shape index (κ1) is 68.3. The summed E-state index contributed by atoms with van der Waals surface area (Å²) in [6.07, 6.45) is -19.3. The Morgan fingerprint density at radius 1 is 0.685 bits per heavy atom. The van der Waals surface area contributed by atoms with Crippen LogP contribution < -0.4 is 5.32 Å². The number of azide groups is 1. The molecule has 0 radical (unpaired) electrons. The van der Waals surface area contributed by atoms with E-state index >= 15 is 4.79 Å². The fraction of sp³-hybridized carbons (Fsp3) is 0.418. The number of fused-ring (bicyclic) bond motifs is 1. The molecule has 488 valence electrons. The Morgan fingerprint density at radius 2 is 1.18 bits per heavy atom. The van der Waals surface area contributed by atoms with Crippen LogP contribution in [0.2, 0.25) is 0 Å². The highest BCUT2D eigenvalue weighted by molar-refractivity contribution is 6.76. The molecule has 16 atom stereocenters. The van der Waals surface area contributed by atoms with E-state index in [1.807, 2.05) is 182 Å². The zero-order valence-corrected chi connectivity index (χ0v) is 52.3. The van der Waals surface area contributed by atoms with E-state index in [-0.39, 0.29) is 52.9 Å². The Bertz CT molecular complexity index is 3320. The van der Waals surface area contributed by atoms with Crippen LogP contribution in [-0.2, 0) is 111 Å². The summed E-state index contributed by atoms with van der Waals surface area (Å²) >= 11 is 18.1. The van der Waals surface area contributed by atoms with Crippen molar-refractivity contribution in [3.63, 3.8) is 0 Å². The summed E-state index contributed by atoms with van der Waals surface area (Å²) in [5, 5.41) is 38.1. The number of alkyl halides is 3. The van der Waals surface area contributed by atoms with Gasteiger partial charge in [0.05, 0.1) is 71.6 Å². The van der Waals surface area contributed by atoms with E-state index in [4.69, 9.17) is 102 Å². The van der Waals surface area contributed by atoms with Crippen LogP contribution in [0.4, 0.5) is 0 Å². The van der Waals surface area contributed by atoms with Crippen molar-refractivity contribution < 1.29 is 81.4 Å². The molecule has 22 nitrogen and oxygen atoms in total. The van der Waals surface area contributed by atoms with Crippen molar-refractivity contribution in [2.75, 3.05) is 19.8 Å². The minimum atomic E-state index is -2.46. The number of esters is 1. The van der Waals surface area contributed by atoms with Crippen molar-refractivity contribution in [1.29, 1.82) is 5.41 Å². The lowest BCUT2D eigenvalue weighted by Crippen LogP contribution is -2.75. The number of benzene rings is 6. The molecular weight excluding hydrogens is 1250 g/mol. The van der Waals surface area contributed by atoms with Crippen LogP contribution in [0.25, 0.3) is 10.4 Å². The maximum atomic E-state index is 15.8. The topological polar surface area (TPSA) is 279 Å². The van der Waals surface area contributed by atoms with Crippen LogP contribution in [0.5, 0.6) is 0 Å². The van der Waals surface area contributed by atoms with Crippen molar-refractivity contribution in [1.82, 2.24) is 5.32 Å². The van der Waals surface area contributed by atoms with E-state index < -0.39 is 132 Å². The van der Waals surface area contributed by atoms with Gasteiger partial charge in [-0.25, -0.2) is 4.79 Å². The fourth-order valence-electron chi connectivity index (χ4n) is 11.4. The van der Waals surface area contributed by atoms with Gasteiger partial charge in [0.1, 0.15) is 61.0 Å². The molecule has 92 heavy (non-hydrogen) atoms. The van der Waals surface area contributed by atoms with Gasteiger partial charge < -0.3 is 77.1 Å². The molecule has 4 aliphatic heterocycles. The molecule has 0 aromatic heterocycles. The van der Waals surface area contributed by atoms with Gasteiger partial charge in [-0.1, -0.05) is 222 Å². The maximum absolute atomic E-state index is 15.8. The molecule has 6 aromatic carbocycles. The Hall–Kier alpha value is -6.61. The van der Waals surface area contributed by atoms with Crippen molar-refractivity contribution in [2.24, 2.45) is 5.11 Å². The van der Waals surface area contributed by atoms with Gasteiger partial charge in [0.2, 0.25) is 18.1 Å². The lowest BCUT2D eigenvalue weighted by atomic mass is 9.86. The summed E-state index contributed by atoms with van der Waals surface area (Å²) in [5.74, 6) is -4.88. The first-order valence-corrected chi connectivity index (χ1v) is 31.1. The number of hydrogen-bond donors (Lipinski definition) is 4. The Kier molecular flexibility index (Phi) is 24.5. The smallest absolute Gasteiger partial charge is 0.367 e. The van der Waals surface area contributed by atoms with E-state index in [2.05, 4.69) is 15.3 Å². The van der Waals surface area contributed by atoms with Crippen molar-refractivity contribution in [3.8, 4) is 0 Å². The lowest BCUT2D eigenvalue weighted by Gasteiger charge is -2.56. The van der Waals surface area contributed by atoms with Gasteiger partial charge >= 0.3 is 5.97 Å². The third kappa shape index (κ3) is 18.0. The highest BCUT2D eigenvalue weighted by Gasteiger charge is 2.66. The molecule has 0 bridgehead atoms. The highest BCUT2D eigenvalue weighted by atomic mass is 35.6. The number of nitrogens with zero attached hydrogens (tertiary/aromatic N) is 3. The van der Waals surface area contributed by atoms with Crippen LogP contribution in [0, 0.1) is 5.41 Å². The predicted octanol–water partition coefficient (Wildman–Crippen LogP) is 9.29. The number of halogens is 3. The number of ether oxygens (including phenoxy) is 13. The first-order chi connectivity index (χ1) is 44.7. The summed E-state index contributed by atoms with van der Waals surface area (Å²) in [6, 6.07) is 53.4. The van der Waals surface area contributed by atoms with E-state index in [0.29, 0.717) is 5.56 Å². The van der Waals surface area contributed by atoms with Crippen molar-refractivity contribution in [3.05, 3.63) is 226 Å². The number of rotatable bonds is 28. The molecule has 4 aliphatic rings. The summed E-state index contributed by atoms with van der Waals surface area (Å²) < 4.78 is 84.7. The normalized spacial score (nSPS) is 27.8. The molecule has 1 amide bonds. The molecule has 1 spiro atoms. The average molecular weight is 1330 g/mol. The molecule has 0 saturated carbocycles. The van der Waals surface area contributed by atoms with Gasteiger partial charge in [-0.05, 0) is 38.9 Å². The van der Waals surface area contributed by atoms with Gasteiger partial charge in [0, 0.05) is 18.3 Å². The van der Waals surface area contributed by atoms with Gasteiger partial charge in [-0.15, -0.1) is 0 Å². The van der Waals surface area contributed by atoms with Gasteiger partial charge in [-0.3, -0.25) is 10.2 Å². The zero-order valence-electron chi connectivity index (χ0n) is 50.0. The lowest BCUT2D eigenvalue weighted by molar-refractivity contribution is -0.408. The predicted molar refractivity (Wildman–Crippen MR) is 334 cm³/mol. The SMILES string of the molecule is CC(=O)N[C@H]1[C@H]([C@H](OCc2ccccc2)[C@@H](COCc2ccccc2)OCc2ccccc2)O[C@@]2(C[C@@H]1OCc1ccccc1)O[C@H]1[C@@H](OC2=O)[C@@H](COCc2ccccc2)O[C@@H](O[C@H]2[C@@H](O)[C@@H](CO)OC(OC(=N)C(Cl)(Cl)Cl)[C@@H]2N=[N+]=[N-])[C@@H]1OCc1ccccc1. The summed E-state index contributed by atoms with van der Waals surface area (Å²) in [5.41, 5.74) is 14.8. The minimum Gasteiger partial charge on any atom is -0.453 e. The summed E-state index contributed by atoms with van der Waals surface area (Å²) in [7, 11) is 0. The molecule has 4 saturated heterocycles. The highest BCUT2D eigenvalue weighted by Crippen LogP contribution is 2.46. The Morgan fingerprint density at radius 3 is 1.71 bits per heavy atom. The third-order valence-corrected chi connectivity index (χ3v) is 16.4. The maximum Gasteiger partial charge on any atom is 0.367 e. The number of aliphatic hydroxyl groups excluding tert-OH is 2. The van der Waals surface area contributed by atoms with Gasteiger partial charge in [0.25, 0.3) is 9.58 Å². The van der Waals surface area contributed by atoms with Crippen LogP contribution in [-0.4, -0.2) is 149 Å². The van der Waals surface area contributed by atoms with Gasteiger partial charge in [0.15, 0.2) is 12.4 Å². The Balaban J connectivity index is 1.09. The van der Waals surface area contributed by atoms with E-state index in [1.165, 1.54) is 6.92 Å². The monoisotopic (exact) mass is 1320 g/mol. The number of aliphatic hydroxyl groups is 2. The molecule has 4 N–H and O–H groups in total. The molecule has 6 aromatic rings. The molecule has 4 heterocycles. The second-order valence-corrected chi connectivity index (χ2v) is 24.7. The number of nitrogens with one attached hydrogen (secondary N) is 2. The number of carbonyl (C=O) groups is 2. The number of hydrogen-bond acceptors (Lipinski definition) is 19. The second-order valence-electron chi connectivity index (χ2n) is 22.4. The Labute approximate surface area is 547 Å². The fourth-order valence-corrected chi connectivity index (χ4v) is 11.5. The third-order valence-electron chi connectivity index (χ3n) is 15.8. The van der Waals surface area contributed by atoms with Gasteiger partial charge in [-0.2, -0.15) is 0 Å². The molecule has 1 unspecified atom stereocenters. The van der Waals surface area contributed by atoms with Crippen LogP contribution in [0.15, 0.2) is 187 Å². The quantitative estimate of drug-likeness (QED) is 0.00677. The molecule has 25 heteroatoms. The van der Waals surface area contributed by atoms with E-state index in [1.54, 1.807) is 0 Å².